The highest BCUT2D eigenvalue weighted by Crippen LogP contribution is 2.13. The molecule has 5 nitrogen and oxygen atoms in total. The van der Waals surface area contributed by atoms with E-state index in [-0.39, 0.29) is 11.5 Å². The van der Waals surface area contributed by atoms with E-state index < -0.39 is 0 Å². The number of benzene rings is 1. The van der Waals surface area contributed by atoms with E-state index in [1.165, 1.54) is 0 Å². The Bertz CT molecular complexity index is 747. The SMILES string of the molecule is CCn1c(=O)c(C)nc2cc(C(=O)NCCC(C)C)ccc21. The maximum atomic E-state index is 12.2. The third-order valence-corrected chi connectivity index (χ3v) is 3.69. The van der Waals surface area contributed by atoms with Crippen molar-refractivity contribution >= 4 is 16.9 Å². The van der Waals surface area contributed by atoms with Crippen molar-refractivity contribution in [3.63, 3.8) is 0 Å². The van der Waals surface area contributed by atoms with Gasteiger partial charge in [0.25, 0.3) is 11.5 Å². The molecule has 1 heterocycles. The summed E-state index contributed by atoms with van der Waals surface area (Å²) in [5.74, 6) is 0.455. The summed E-state index contributed by atoms with van der Waals surface area (Å²) in [7, 11) is 0. The third-order valence-electron chi connectivity index (χ3n) is 3.69. The van der Waals surface area contributed by atoms with Gasteiger partial charge in [0.1, 0.15) is 5.69 Å². The van der Waals surface area contributed by atoms with Gasteiger partial charge in [0.15, 0.2) is 0 Å². The Balaban J connectivity index is 2.33. The number of hydrogen-bond donors (Lipinski definition) is 1. The Hall–Kier alpha value is -2.17. The van der Waals surface area contributed by atoms with Crippen LogP contribution in [0.2, 0.25) is 0 Å². The number of carbonyl (C=O) groups is 1. The zero-order valence-corrected chi connectivity index (χ0v) is 13.6. The smallest absolute Gasteiger partial charge is 0.272 e. The van der Waals surface area contributed by atoms with Gasteiger partial charge in [-0.25, -0.2) is 4.98 Å². The van der Waals surface area contributed by atoms with Crippen LogP contribution in [0.25, 0.3) is 11.0 Å². The fourth-order valence-corrected chi connectivity index (χ4v) is 2.41. The Morgan fingerprint density at radius 2 is 2.09 bits per heavy atom. The molecule has 0 bridgehead atoms. The Morgan fingerprint density at radius 1 is 1.36 bits per heavy atom. The Morgan fingerprint density at radius 3 is 2.73 bits per heavy atom. The molecule has 118 valence electrons. The molecular formula is C17H23N3O2. The van der Waals surface area contributed by atoms with Gasteiger partial charge >= 0.3 is 0 Å². The first-order valence-electron chi connectivity index (χ1n) is 7.73. The van der Waals surface area contributed by atoms with Crippen molar-refractivity contribution in [3.8, 4) is 0 Å². The molecule has 1 amide bonds. The lowest BCUT2D eigenvalue weighted by atomic mass is 10.1. The molecule has 5 heteroatoms. The molecule has 0 aliphatic carbocycles. The summed E-state index contributed by atoms with van der Waals surface area (Å²) in [6, 6.07) is 5.29. The molecule has 2 aromatic rings. The summed E-state index contributed by atoms with van der Waals surface area (Å²) in [6.45, 7) is 9.11. The van der Waals surface area contributed by atoms with E-state index in [4.69, 9.17) is 0 Å². The molecule has 0 saturated heterocycles. The third kappa shape index (κ3) is 3.35. The van der Waals surface area contributed by atoms with Crippen LogP contribution in [0.3, 0.4) is 0 Å². The van der Waals surface area contributed by atoms with Crippen molar-refractivity contribution < 1.29 is 4.79 Å². The van der Waals surface area contributed by atoms with Gasteiger partial charge in [0.05, 0.1) is 11.0 Å². The van der Waals surface area contributed by atoms with E-state index in [0.717, 1.165) is 11.9 Å². The van der Waals surface area contributed by atoms with Gasteiger partial charge in [0, 0.05) is 18.7 Å². The largest absolute Gasteiger partial charge is 0.352 e. The molecule has 1 N–H and O–H groups in total. The van der Waals surface area contributed by atoms with Crippen LogP contribution in [0, 0.1) is 12.8 Å². The van der Waals surface area contributed by atoms with Crippen LogP contribution >= 0.6 is 0 Å². The lowest BCUT2D eigenvalue weighted by molar-refractivity contribution is 0.0952. The highest BCUT2D eigenvalue weighted by molar-refractivity contribution is 5.97. The van der Waals surface area contributed by atoms with Gasteiger partial charge in [-0.2, -0.15) is 0 Å². The minimum absolute atomic E-state index is 0.0795. The zero-order chi connectivity index (χ0) is 16.3. The molecule has 0 radical (unpaired) electrons. The van der Waals surface area contributed by atoms with Gasteiger partial charge in [-0.1, -0.05) is 13.8 Å². The Labute approximate surface area is 130 Å². The average molecular weight is 301 g/mol. The predicted octanol–water partition coefficient (Wildman–Crippen LogP) is 2.50. The van der Waals surface area contributed by atoms with Gasteiger partial charge in [-0.15, -0.1) is 0 Å². The quantitative estimate of drug-likeness (QED) is 0.923. The molecule has 0 unspecified atom stereocenters. The van der Waals surface area contributed by atoms with Crippen molar-refractivity contribution in [1.29, 1.82) is 0 Å². The maximum absolute atomic E-state index is 12.2. The van der Waals surface area contributed by atoms with Crippen LogP contribution in [-0.4, -0.2) is 22.0 Å². The minimum atomic E-state index is -0.101. The molecule has 0 spiro atoms. The number of aryl methyl sites for hydroxylation is 2. The van der Waals surface area contributed by atoms with Gasteiger partial charge in [-0.3, -0.25) is 9.59 Å². The van der Waals surface area contributed by atoms with Crippen molar-refractivity contribution in [2.24, 2.45) is 5.92 Å². The number of carbonyl (C=O) groups excluding carboxylic acids is 1. The van der Waals surface area contributed by atoms with Crippen molar-refractivity contribution in [3.05, 3.63) is 39.8 Å². The fraction of sp³-hybridized carbons (Fsp3) is 0.471. The molecular weight excluding hydrogens is 278 g/mol. The zero-order valence-electron chi connectivity index (χ0n) is 13.6. The van der Waals surface area contributed by atoms with Crippen LogP contribution in [0.5, 0.6) is 0 Å². The summed E-state index contributed by atoms with van der Waals surface area (Å²) in [6.07, 6.45) is 0.950. The number of nitrogens with zero attached hydrogens (tertiary/aromatic N) is 2. The first-order chi connectivity index (χ1) is 10.4. The fourth-order valence-electron chi connectivity index (χ4n) is 2.41. The van der Waals surface area contributed by atoms with Gasteiger partial charge in [-0.05, 0) is 44.4 Å². The molecule has 0 saturated carbocycles. The van der Waals surface area contributed by atoms with Crippen LogP contribution < -0.4 is 10.9 Å². The second kappa shape index (κ2) is 6.73. The molecule has 0 aliphatic rings. The number of fused-ring (bicyclic) bond motifs is 1. The van der Waals surface area contributed by atoms with Crippen LogP contribution in [0.15, 0.2) is 23.0 Å². The molecule has 2 rings (SSSR count). The van der Waals surface area contributed by atoms with Crippen LogP contribution in [0.4, 0.5) is 0 Å². The second-order valence-electron chi connectivity index (χ2n) is 5.89. The number of amides is 1. The van der Waals surface area contributed by atoms with Crippen molar-refractivity contribution in [2.45, 2.75) is 40.7 Å². The topological polar surface area (TPSA) is 64.0 Å². The van der Waals surface area contributed by atoms with Crippen molar-refractivity contribution in [1.82, 2.24) is 14.9 Å². The summed E-state index contributed by atoms with van der Waals surface area (Å²) >= 11 is 0. The normalized spacial score (nSPS) is 11.1. The van der Waals surface area contributed by atoms with E-state index in [9.17, 15) is 9.59 Å². The predicted molar refractivity (Wildman–Crippen MR) is 88.2 cm³/mol. The lowest BCUT2D eigenvalue weighted by Crippen LogP contribution is -2.26. The van der Waals surface area contributed by atoms with E-state index in [2.05, 4.69) is 24.1 Å². The number of aromatic nitrogens is 2. The van der Waals surface area contributed by atoms with Crippen molar-refractivity contribution in [2.75, 3.05) is 6.54 Å². The van der Waals surface area contributed by atoms with E-state index >= 15 is 0 Å². The van der Waals surface area contributed by atoms with Crippen LogP contribution in [-0.2, 0) is 6.54 Å². The number of nitrogens with one attached hydrogen (secondary N) is 1. The second-order valence-corrected chi connectivity index (χ2v) is 5.89. The first-order valence-corrected chi connectivity index (χ1v) is 7.73. The number of hydrogen-bond acceptors (Lipinski definition) is 3. The summed E-state index contributed by atoms with van der Waals surface area (Å²) in [5, 5.41) is 2.91. The standard InChI is InChI=1S/C17H23N3O2/c1-5-20-15-7-6-13(16(21)18-9-8-11(2)3)10-14(15)19-12(4)17(20)22/h6-7,10-11H,5,8-9H2,1-4H3,(H,18,21). The van der Waals surface area contributed by atoms with Gasteiger partial charge in [0.2, 0.25) is 0 Å². The molecule has 22 heavy (non-hydrogen) atoms. The van der Waals surface area contributed by atoms with Crippen LogP contribution in [0.1, 0.15) is 43.2 Å². The summed E-state index contributed by atoms with van der Waals surface area (Å²) in [5.41, 5.74) is 2.38. The molecule has 1 aromatic heterocycles. The molecule has 1 aromatic carbocycles. The monoisotopic (exact) mass is 301 g/mol. The number of rotatable bonds is 5. The minimum Gasteiger partial charge on any atom is -0.352 e. The average Bonchev–Trinajstić information content (AvgIpc) is 2.47. The summed E-state index contributed by atoms with van der Waals surface area (Å²) < 4.78 is 1.68. The molecule has 0 aliphatic heterocycles. The highest BCUT2D eigenvalue weighted by Gasteiger charge is 2.11. The molecule has 0 atom stereocenters. The lowest BCUT2D eigenvalue weighted by Gasteiger charge is -2.11. The Kier molecular flexibility index (Phi) is 4.96. The van der Waals surface area contributed by atoms with E-state index in [1.807, 2.05) is 6.92 Å². The van der Waals surface area contributed by atoms with E-state index in [1.54, 1.807) is 29.7 Å². The first kappa shape index (κ1) is 16.2. The molecule has 0 fully saturated rings. The highest BCUT2D eigenvalue weighted by atomic mass is 16.1. The van der Waals surface area contributed by atoms with E-state index in [0.29, 0.717) is 35.8 Å². The maximum Gasteiger partial charge on any atom is 0.272 e. The van der Waals surface area contributed by atoms with Gasteiger partial charge < -0.3 is 9.88 Å². The summed E-state index contributed by atoms with van der Waals surface area (Å²) in [4.78, 5) is 28.5.